The van der Waals surface area contributed by atoms with Crippen LogP contribution in [0.4, 0.5) is 0 Å². The Morgan fingerprint density at radius 2 is 1.21 bits per heavy atom. The predicted molar refractivity (Wildman–Crippen MR) is 133 cm³/mol. The minimum absolute atomic E-state index is 0.00835. The second-order valence-electron chi connectivity index (χ2n) is 9.25. The molecule has 0 aliphatic rings. The molecule has 0 rings (SSSR count). The molecule has 2 atom stereocenters. The highest BCUT2D eigenvalue weighted by Gasteiger charge is 2.24. The lowest BCUT2D eigenvalue weighted by Crippen LogP contribution is -2.48. The Kier molecular flexibility index (Phi) is 21.1. The van der Waals surface area contributed by atoms with Crippen molar-refractivity contribution < 1.29 is 24.2 Å². The highest BCUT2D eigenvalue weighted by molar-refractivity contribution is 5.87. The van der Waals surface area contributed by atoms with Crippen LogP contribution >= 0.6 is 0 Å². The molecule has 33 heavy (non-hydrogen) atoms. The summed E-state index contributed by atoms with van der Waals surface area (Å²) >= 11 is 0. The van der Waals surface area contributed by atoms with Crippen LogP contribution in [-0.2, 0) is 19.1 Å². The second-order valence-corrected chi connectivity index (χ2v) is 9.25. The summed E-state index contributed by atoms with van der Waals surface area (Å²) in [6.45, 7) is 4.05. The summed E-state index contributed by atoms with van der Waals surface area (Å²) in [4.78, 5) is 34.7. The Balaban J connectivity index is 3.64. The first-order chi connectivity index (χ1) is 15.9. The van der Waals surface area contributed by atoms with E-state index in [1.807, 2.05) is 0 Å². The maximum atomic E-state index is 12.2. The van der Waals surface area contributed by atoms with Gasteiger partial charge in [-0.05, 0) is 19.8 Å². The molecule has 7 nitrogen and oxygen atoms in total. The summed E-state index contributed by atoms with van der Waals surface area (Å²) in [5, 5.41) is 11.3. The largest absolute Gasteiger partial charge is 0.481 e. The molecular weight excluding hydrogens is 420 g/mol. The maximum absolute atomic E-state index is 12.2. The highest BCUT2D eigenvalue weighted by Crippen LogP contribution is 2.13. The first-order valence-corrected chi connectivity index (χ1v) is 13.3. The lowest BCUT2D eigenvalue weighted by Gasteiger charge is -2.18. The van der Waals surface area contributed by atoms with E-state index in [1.165, 1.54) is 90.4 Å². The molecule has 0 aromatic rings. The maximum Gasteiger partial charge on any atom is 0.328 e. The molecule has 7 heteroatoms. The Bertz CT molecular complexity index is 511. The van der Waals surface area contributed by atoms with E-state index in [0.717, 1.165) is 19.3 Å². The number of aliphatic carboxylic acids is 1. The molecule has 0 saturated heterocycles. The molecule has 0 radical (unpaired) electrons. The SMILES string of the molecule is CCCCCCCCCCCCCCCCCCOC(=O)[C@H](CCC(=O)O)NC(=O)[C@H](C)N. The molecule has 0 fully saturated rings. The average Bonchev–Trinajstić information content (AvgIpc) is 2.78. The summed E-state index contributed by atoms with van der Waals surface area (Å²) in [5.41, 5.74) is 5.50. The molecule has 0 unspecified atom stereocenters. The number of ether oxygens (including phenoxy) is 1. The van der Waals surface area contributed by atoms with Gasteiger partial charge in [0, 0.05) is 6.42 Å². The summed E-state index contributed by atoms with van der Waals surface area (Å²) in [6, 6.07) is -1.74. The number of carboxylic acids is 1. The number of hydrogen-bond acceptors (Lipinski definition) is 5. The summed E-state index contributed by atoms with van der Waals surface area (Å²) in [6.07, 6.45) is 20.2. The molecular formula is C26H50N2O5. The zero-order valence-corrected chi connectivity index (χ0v) is 21.2. The minimum atomic E-state index is -1.03. The lowest BCUT2D eigenvalue weighted by atomic mass is 10.0. The van der Waals surface area contributed by atoms with Crippen molar-refractivity contribution in [1.29, 1.82) is 0 Å². The highest BCUT2D eigenvalue weighted by atomic mass is 16.5. The Labute approximate surface area is 201 Å². The number of amides is 1. The van der Waals surface area contributed by atoms with Crippen molar-refractivity contribution in [2.75, 3.05) is 6.61 Å². The zero-order valence-electron chi connectivity index (χ0n) is 21.2. The Morgan fingerprint density at radius 3 is 1.61 bits per heavy atom. The van der Waals surface area contributed by atoms with E-state index in [2.05, 4.69) is 12.2 Å². The molecule has 0 aliphatic heterocycles. The third kappa shape index (κ3) is 20.7. The van der Waals surface area contributed by atoms with E-state index in [1.54, 1.807) is 0 Å². The number of carboxylic acid groups (broad SMARTS) is 1. The standard InChI is InChI=1S/C26H50N2O5/c1-3-4-5-6-7-8-9-10-11-12-13-14-15-16-17-18-21-33-26(32)23(19-20-24(29)30)28-25(31)22(2)27/h22-23H,3-21,27H2,1-2H3,(H,28,31)(H,29,30)/t22-,23-/m0/s1. The van der Waals surface area contributed by atoms with Crippen molar-refractivity contribution in [2.45, 2.75) is 142 Å². The van der Waals surface area contributed by atoms with Crippen molar-refractivity contribution in [1.82, 2.24) is 5.32 Å². The molecule has 194 valence electrons. The van der Waals surface area contributed by atoms with Crippen LogP contribution in [0.2, 0.25) is 0 Å². The summed E-state index contributed by atoms with van der Waals surface area (Å²) < 4.78 is 5.25. The first kappa shape index (κ1) is 31.4. The molecule has 0 saturated carbocycles. The van der Waals surface area contributed by atoms with Gasteiger partial charge in [0.05, 0.1) is 12.6 Å². The van der Waals surface area contributed by atoms with Crippen molar-refractivity contribution >= 4 is 17.8 Å². The van der Waals surface area contributed by atoms with Crippen molar-refractivity contribution in [3.63, 3.8) is 0 Å². The summed E-state index contributed by atoms with van der Waals surface area (Å²) in [5.74, 6) is -2.11. The molecule has 4 N–H and O–H groups in total. The van der Waals surface area contributed by atoms with E-state index in [9.17, 15) is 14.4 Å². The number of esters is 1. The van der Waals surface area contributed by atoms with Gasteiger partial charge in [-0.2, -0.15) is 0 Å². The second kappa shape index (κ2) is 22.2. The number of rotatable bonds is 23. The van der Waals surface area contributed by atoms with Crippen LogP contribution in [0, 0.1) is 0 Å². The number of nitrogens with two attached hydrogens (primary N) is 1. The van der Waals surface area contributed by atoms with Gasteiger partial charge < -0.3 is 20.9 Å². The van der Waals surface area contributed by atoms with Crippen LogP contribution in [0.25, 0.3) is 0 Å². The molecule has 0 spiro atoms. The van der Waals surface area contributed by atoms with Gasteiger partial charge in [-0.25, -0.2) is 4.79 Å². The molecule has 0 aromatic heterocycles. The molecule has 0 heterocycles. The molecule has 0 bridgehead atoms. The number of carbonyl (C=O) groups excluding carboxylic acids is 2. The fourth-order valence-corrected chi connectivity index (χ4v) is 3.74. The number of nitrogens with one attached hydrogen (secondary N) is 1. The smallest absolute Gasteiger partial charge is 0.328 e. The van der Waals surface area contributed by atoms with Gasteiger partial charge >= 0.3 is 11.9 Å². The van der Waals surface area contributed by atoms with Crippen LogP contribution in [0.1, 0.15) is 129 Å². The number of carbonyl (C=O) groups is 3. The van der Waals surface area contributed by atoms with E-state index < -0.39 is 29.9 Å². The van der Waals surface area contributed by atoms with Crippen LogP contribution < -0.4 is 11.1 Å². The number of hydrogen-bond donors (Lipinski definition) is 3. The van der Waals surface area contributed by atoms with Gasteiger partial charge in [-0.3, -0.25) is 9.59 Å². The van der Waals surface area contributed by atoms with Gasteiger partial charge in [0.25, 0.3) is 0 Å². The van der Waals surface area contributed by atoms with Gasteiger partial charge in [0.1, 0.15) is 6.04 Å². The van der Waals surface area contributed by atoms with Gasteiger partial charge in [0.15, 0.2) is 0 Å². The van der Waals surface area contributed by atoms with Crippen LogP contribution in [-0.4, -0.2) is 41.6 Å². The Morgan fingerprint density at radius 1 is 0.788 bits per heavy atom. The van der Waals surface area contributed by atoms with Crippen LogP contribution in [0.15, 0.2) is 0 Å². The van der Waals surface area contributed by atoms with Crippen molar-refractivity contribution in [2.24, 2.45) is 5.73 Å². The predicted octanol–water partition coefficient (Wildman–Crippen LogP) is 5.49. The lowest BCUT2D eigenvalue weighted by molar-refractivity contribution is -0.148. The molecule has 1 amide bonds. The average molecular weight is 471 g/mol. The monoisotopic (exact) mass is 470 g/mol. The zero-order chi connectivity index (χ0) is 24.7. The van der Waals surface area contributed by atoms with E-state index >= 15 is 0 Å². The minimum Gasteiger partial charge on any atom is -0.481 e. The van der Waals surface area contributed by atoms with Crippen LogP contribution in [0.3, 0.4) is 0 Å². The van der Waals surface area contributed by atoms with E-state index in [-0.39, 0.29) is 19.4 Å². The van der Waals surface area contributed by atoms with Crippen molar-refractivity contribution in [3.8, 4) is 0 Å². The van der Waals surface area contributed by atoms with Gasteiger partial charge in [-0.1, -0.05) is 103 Å². The normalized spacial score (nSPS) is 12.8. The van der Waals surface area contributed by atoms with Crippen LogP contribution in [0.5, 0.6) is 0 Å². The third-order valence-corrected chi connectivity index (χ3v) is 5.90. The molecule has 0 aromatic carbocycles. The quantitative estimate of drug-likeness (QED) is 0.134. The first-order valence-electron chi connectivity index (χ1n) is 13.3. The van der Waals surface area contributed by atoms with Gasteiger partial charge in [-0.15, -0.1) is 0 Å². The fourth-order valence-electron chi connectivity index (χ4n) is 3.74. The number of unbranched alkanes of at least 4 members (excludes halogenated alkanes) is 15. The Hall–Kier alpha value is -1.63. The van der Waals surface area contributed by atoms with E-state index in [4.69, 9.17) is 15.6 Å². The van der Waals surface area contributed by atoms with Crippen molar-refractivity contribution in [3.05, 3.63) is 0 Å². The third-order valence-electron chi connectivity index (χ3n) is 5.90. The molecule has 0 aliphatic carbocycles. The summed E-state index contributed by atoms with van der Waals surface area (Å²) in [7, 11) is 0. The van der Waals surface area contributed by atoms with Gasteiger partial charge in [0.2, 0.25) is 5.91 Å². The fraction of sp³-hybridized carbons (Fsp3) is 0.885. The topological polar surface area (TPSA) is 119 Å². The van der Waals surface area contributed by atoms with E-state index in [0.29, 0.717) is 0 Å².